The van der Waals surface area contributed by atoms with Crippen molar-refractivity contribution in [2.45, 2.75) is 12.7 Å². The van der Waals surface area contributed by atoms with Crippen LogP contribution in [0.5, 0.6) is 0 Å². The third-order valence-corrected chi connectivity index (χ3v) is 4.18. The number of carbonyl (C=O) groups excluding carboxylic acids is 1. The van der Waals surface area contributed by atoms with Crippen LogP contribution in [0.3, 0.4) is 0 Å². The molecule has 1 N–H and O–H groups in total. The van der Waals surface area contributed by atoms with E-state index in [1.807, 2.05) is 0 Å². The first-order valence-electron chi connectivity index (χ1n) is 7.41. The van der Waals surface area contributed by atoms with Crippen LogP contribution < -0.4 is 5.32 Å². The number of nitrogens with one attached hydrogen (secondary N) is 1. The number of carbonyl (C=O) groups is 1. The molecule has 1 amide bonds. The quantitative estimate of drug-likeness (QED) is 0.690. The van der Waals surface area contributed by atoms with Gasteiger partial charge in [0.15, 0.2) is 0 Å². The molecule has 0 unspecified atom stereocenters. The van der Waals surface area contributed by atoms with Gasteiger partial charge in [0.2, 0.25) is 0 Å². The minimum Gasteiger partial charge on any atom is -0.318 e. The fourth-order valence-corrected chi connectivity index (χ4v) is 2.93. The molecule has 0 aliphatic carbocycles. The maximum Gasteiger partial charge on any atom is 0.416 e. The van der Waals surface area contributed by atoms with Crippen molar-refractivity contribution in [1.29, 1.82) is 0 Å². The molecular formula is C16H13BrF3N5O. The van der Waals surface area contributed by atoms with Crippen molar-refractivity contribution in [3.8, 4) is 0 Å². The molecule has 0 aliphatic heterocycles. The number of hydrogen-bond acceptors (Lipinski definition) is 3. The molecule has 26 heavy (non-hydrogen) atoms. The SMILES string of the molecule is Cn1ncc(Br)c1C(=O)Nc1cnn(Cc2cccc(C(F)(F)F)c2)c1. The molecule has 0 atom stereocenters. The minimum absolute atomic E-state index is 0.148. The third-order valence-electron chi connectivity index (χ3n) is 3.60. The van der Waals surface area contributed by atoms with Gasteiger partial charge in [0.25, 0.3) is 5.91 Å². The first-order chi connectivity index (χ1) is 12.2. The maximum atomic E-state index is 12.8. The van der Waals surface area contributed by atoms with E-state index in [1.54, 1.807) is 19.3 Å². The fourth-order valence-electron chi connectivity index (χ4n) is 2.40. The number of benzene rings is 1. The summed E-state index contributed by atoms with van der Waals surface area (Å²) in [6.07, 6.45) is 0.0833. The van der Waals surface area contributed by atoms with E-state index in [9.17, 15) is 18.0 Å². The Morgan fingerprint density at radius 1 is 1.27 bits per heavy atom. The largest absolute Gasteiger partial charge is 0.416 e. The molecule has 10 heteroatoms. The molecular weight excluding hydrogens is 415 g/mol. The Hall–Kier alpha value is -2.62. The van der Waals surface area contributed by atoms with Crippen LogP contribution in [0.1, 0.15) is 21.6 Å². The molecule has 0 fully saturated rings. The fraction of sp³-hybridized carbons (Fsp3) is 0.188. The Labute approximate surface area is 154 Å². The van der Waals surface area contributed by atoms with E-state index < -0.39 is 11.7 Å². The molecule has 2 heterocycles. The van der Waals surface area contributed by atoms with E-state index in [0.717, 1.165) is 12.1 Å². The Morgan fingerprint density at radius 3 is 2.69 bits per heavy atom. The van der Waals surface area contributed by atoms with E-state index in [0.29, 0.717) is 21.4 Å². The number of nitrogens with zero attached hydrogens (tertiary/aromatic N) is 4. The number of alkyl halides is 3. The first-order valence-corrected chi connectivity index (χ1v) is 8.21. The first kappa shape index (κ1) is 18.2. The topological polar surface area (TPSA) is 64.7 Å². The average molecular weight is 428 g/mol. The predicted molar refractivity (Wildman–Crippen MR) is 91.6 cm³/mol. The number of halogens is 4. The zero-order chi connectivity index (χ0) is 18.9. The normalized spacial score (nSPS) is 11.6. The highest BCUT2D eigenvalue weighted by molar-refractivity contribution is 9.10. The van der Waals surface area contributed by atoms with Gasteiger partial charge in [0.05, 0.1) is 34.7 Å². The van der Waals surface area contributed by atoms with Gasteiger partial charge >= 0.3 is 6.18 Å². The highest BCUT2D eigenvalue weighted by Gasteiger charge is 2.30. The van der Waals surface area contributed by atoms with Crippen molar-refractivity contribution >= 4 is 27.5 Å². The van der Waals surface area contributed by atoms with Gasteiger partial charge in [0, 0.05) is 13.2 Å². The van der Waals surface area contributed by atoms with E-state index in [4.69, 9.17) is 0 Å². The number of aryl methyl sites for hydroxylation is 1. The lowest BCUT2D eigenvalue weighted by atomic mass is 10.1. The van der Waals surface area contributed by atoms with Crippen molar-refractivity contribution in [2.24, 2.45) is 7.05 Å². The standard InChI is InChI=1S/C16H13BrF3N5O/c1-24-14(13(17)7-21-24)15(26)23-12-6-22-25(9-12)8-10-3-2-4-11(5-10)16(18,19)20/h2-7,9H,8H2,1H3,(H,23,26). The van der Waals surface area contributed by atoms with Crippen LogP contribution in [0, 0.1) is 0 Å². The van der Waals surface area contributed by atoms with Crippen LogP contribution in [0.4, 0.5) is 18.9 Å². The van der Waals surface area contributed by atoms with E-state index in [1.165, 1.54) is 27.8 Å². The van der Waals surface area contributed by atoms with Crippen LogP contribution in [0.2, 0.25) is 0 Å². The highest BCUT2D eigenvalue weighted by atomic mass is 79.9. The smallest absolute Gasteiger partial charge is 0.318 e. The second-order valence-corrected chi connectivity index (χ2v) is 6.40. The molecule has 136 valence electrons. The summed E-state index contributed by atoms with van der Waals surface area (Å²) in [6.45, 7) is 0.148. The lowest BCUT2D eigenvalue weighted by Gasteiger charge is -2.08. The van der Waals surface area contributed by atoms with Gasteiger partial charge in [-0.2, -0.15) is 23.4 Å². The molecule has 2 aromatic heterocycles. The van der Waals surface area contributed by atoms with Gasteiger partial charge in [-0.15, -0.1) is 0 Å². The van der Waals surface area contributed by atoms with Gasteiger partial charge in [-0.3, -0.25) is 14.2 Å². The molecule has 0 saturated heterocycles. The van der Waals surface area contributed by atoms with E-state index in [2.05, 4.69) is 31.4 Å². The van der Waals surface area contributed by atoms with Crippen LogP contribution in [-0.4, -0.2) is 25.5 Å². The summed E-state index contributed by atoms with van der Waals surface area (Å²) < 4.78 is 41.7. The lowest BCUT2D eigenvalue weighted by molar-refractivity contribution is -0.137. The molecule has 6 nitrogen and oxygen atoms in total. The zero-order valence-corrected chi connectivity index (χ0v) is 15.0. The van der Waals surface area contributed by atoms with Crippen LogP contribution in [-0.2, 0) is 19.8 Å². The minimum atomic E-state index is -4.39. The van der Waals surface area contributed by atoms with Crippen molar-refractivity contribution in [3.63, 3.8) is 0 Å². The summed E-state index contributed by atoms with van der Waals surface area (Å²) in [5.74, 6) is -0.379. The zero-order valence-electron chi connectivity index (χ0n) is 13.5. The molecule has 0 radical (unpaired) electrons. The average Bonchev–Trinajstić information content (AvgIpc) is 3.13. The highest BCUT2D eigenvalue weighted by Crippen LogP contribution is 2.29. The summed E-state index contributed by atoms with van der Waals surface area (Å²) in [7, 11) is 1.64. The number of hydrogen-bond donors (Lipinski definition) is 1. The predicted octanol–water partition coefficient (Wildman–Crippen LogP) is 3.70. The van der Waals surface area contributed by atoms with E-state index in [-0.39, 0.29) is 12.5 Å². The van der Waals surface area contributed by atoms with Crippen molar-refractivity contribution in [1.82, 2.24) is 19.6 Å². The second kappa shape index (κ2) is 6.94. The number of amides is 1. The van der Waals surface area contributed by atoms with Crippen LogP contribution in [0.25, 0.3) is 0 Å². The Kier molecular flexibility index (Phi) is 4.86. The van der Waals surface area contributed by atoms with Gasteiger partial charge < -0.3 is 5.32 Å². The van der Waals surface area contributed by atoms with E-state index >= 15 is 0 Å². The second-order valence-electron chi connectivity index (χ2n) is 5.54. The Balaban J connectivity index is 1.72. The third kappa shape index (κ3) is 3.96. The number of rotatable bonds is 4. The maximum absolute atomic E-state index is 12.8. The molecule has 0 bridgehead atoms. The van der Waals surface area contributed by atoms with Gasteiger partial charge in [0.1, 0.15) is 5.69 Å². The molecule has 1 aromatic carbocycles. The monoisotopic (exact) mass is 427 g/mol. The molecule has 0 spiro atoms. The van der Waals surface area contributed by atoms with Crippen molar-refractivity contribution in [2.75, 3.05) is 5.32 Å². The molecule has 3 rings (SSSR count). The number of anilines is 1. The van der Waals surface area contributed by atoms with Crippen LogP contribution >= 0.6 is 15.9 Å². The summed E-state index contributed by atoms with van der Waals surface area (Å²) in [6, 6.07) is 5.03. The van der Waals surface area contributed by atoms with Gasteiger partial charge in [-0.25, -0.2) is 0 Å². The summed E-state index contributed by atoms with van der Waals surface area (Å²) in [5, 5.41) is 10.7. The molecule has 0 aliphatic rings. The Bertz CT molecular complexity index is 928. The molecule has 3 aromatic rings. The lowest BCUT2D eigenvalue weighted by Crippen LogP contribution is -2.16. The number of aromatic nitrogens is 4. The summed E-state index contributed by atoms with van der Waals surface area (Å²) >= 11 is 3.25. The summed E-state index contributed by atoms with van der Waals surface area (Å²) in [5.41, 5.74) is 0.512. The van der Waals surface area contributed by atoms with Crippen LogP contribution in [0.15, 0.2) is 47.3 Å². The van der Waals surface area contributed by atoms with Crippen molar-refractivity contribution in [3.05, 3.63) is 64.1 Å². The van der Waals surface area contributed by atoms with Gasteiger partial charge in [-0.1, -0.05) is 12.1 Å². The molecule has 0 saturated carbocycles. The Morgan fingerprint density at radius 2 is 2.04 bits per heavy atom. The van der Waals surface area contributed by atoms with Crippen molar-refractivity contribution < 1.29 is 18.0 Å². The van der Waals surface area contributed by atoms with Gasteiger partial charge in [-0.05, 0) is 33.6 Å². The summed E-state index contributed by atoms with van der Waals surface area (Å²) in [4.78, 5) is 12.3.